The highest BCUT2D eigenvalue weighted by Gasteiger charge is 2.17. The zero-order chi connectivity index (χ0) is 16.0. The van der Waals surface area contributed by atoms with E-state index in [4.69, 9.17) is 21.4 Å². The van der Waals surface area contributed by atoms with Crippen LogP contribution in [0.4, 0.5) is 10.5 Å². The summed E-state index contributed by atoms with van der Waals surface area (Å²) in [5, 5.41) is 11.7. The molecular formula is C14H19ClN2O4. The summed E-state index contributed by atoms with van der Waals surface area (Å²) in [7, 11) is 1.57. The average molecular weight is 315 g/mol. The summed E-state index contributed by atoms with van der Waals surface area (Å²) < 4.78 is 4.98. The van der Waals surface area contributed by atoms with Crippen LogP contribution in [-0.2, 0) is 4.74 Å². The van der Waals surface area contributed by atoms with Crippen LogP contribution in [0.15, 0.2) is 18.2 Å². The molecule has 0 saturated carbocycles. The van der Waals surface area contributed by atoms with Gasteiger partial charge in [0.05, 0.1) is 17.2 Å². The first-order chi connectivity index (χ1) is 9.86. The second kappa shape index (κ2) is 7.85. The van der Waals surface area contributed by atoms with Crippen molar-refractivity contribution in [3.8, 4) is 0 Å². The number of hydrogen-bond acceptors (Lipinski definition) is 3. The molecule has 0 saturated heterocycles. The van der Waals surface area contributed by atoms with Gasteiger partial charge in [-0.15, -0.1) is 0 Å². The van der Waals surface area contributed by atoms with Crippen LogP contribution in [-0.4, -0.2) is 48.3 Å². The van der Waals surface area contributed by atoms with Gasteiger partial charge in [0.1, 0.15) is 0 Å². The van der Waals surface area contributed by atoms with Gasteiger partial charge in [0.15, 0.2) is 0 Å². The summed E-state index contributed by atoms with van der Waals surface area (Å²) in [6.45, 7) is 4.69. The van der Waals surface area contributed by atoms with Crippen molar-refractivity contribution in [3.05, 3.63) is 28.8 Å². The summed E-state index contributed by atoms with van der Waals surface area (Å²) >= 11 is 5.87. The highest BCUT2D eigenvalue weighted by Crippen LogP contribution is 2.21. The first-order valence-electron chi connectivity index (χ1n) is 6.46. The van der Waals surface area contributed by atoms with Gasteiger partial charge in [0.25, 0.3) is 0 Å². The van der Waals surface area contributed by atoms with E-state index in [0.717, 1.165) is 0 Å². The number of methoxy groups -OCH3 is 1. The van der Waals surface area contributed by atoms with E-state index in [2.05, 4.69) is 5.32 Å². The Morgan fingerprint density at radius 1 is 1.43 bits per heavy atom. The van der Waals surface area contributed by atoms with Crippen molar-refractivity contribution in [1.29, 1.82) is 0 Å². The van der Waals surface area contributed by atoms with E-state index < -0.39 is 5.97 Å². The number of rotatable bonds is 6. The number of halogens is 1. The molecule has 0 atom stereocenters. The molecule has 2 amide bonds. The number of nitrogens with one attached hydrogen (secondary N) is 1. The maximum Gasteiger partial charge on any atom is 0.337 e. The van der Waals surface area contributed by atoms with E-state index >= 15 is 0 Å². The maximum absolute atomic E-state index is 12.2. The van der Waals surface area contributed by atoms with Crippen LogP contribution in [0.1, 0.15) is 24.2 Å². The summed E-state index contributed by atoms with van der Waals surface area (Å²) in [5.74, 6) is -1.11. The highest BCUT2D eigenvalue weighted by molar-refractivity contribution is 6.33. The molecule has 0 aromatic heterocycles. The number of benzene rings is 1. The molecule has 1 aromatic carbocycles. The van der Waals surface area contributed by atoms with Crippen LogP contribution in [0, 0.1) is 0 Å². The lowest BCUT2D eigenvalue weighted by Crippen LogP contribution is -2.42. The largest absolute Gasteiger partial charge is 0.478 e. The zero-order valence-electron chi connectivity index (χ0n) is 12.2. The van der Waals surface area contributed by atoms with Crippen molar-refractivity contribution in [1.82, 2.24) is 4.90 Å². The molecule has 0 unspecified atom stereocenters. The number of carboxylic acids is 1. The molecule has 0 aliphatic carbocycles. The van der Waals surface area contributed by atoms with Gasteiger partial charge in [-0.05, 0) is 32.0 Å². The molecule has 0 fully saturated rings. The molecule has 0 bridgehead atoms. The lowest BCUT2D eigenvalue weighted by molar-refractivity contribution is 0.0697. The summed E-state index contributed by atoms with van der Waals surface area (Å²) in [5.41, 5.74) is 0.438. The molecule has 7 heteroatoms. The van der Waals surface area contributed by atoms with Crippen LogP contribution < -0.4 is 5.32 Å². The van der Waals surface area contributed by atoms with E-state index in [1.165, 1.54) is 18.2 Å². The number of carbonyl (C=O) groups excluding carboxylic acids is 1. The molecule has 0 aliphatic rings. The Bertz CT molecular complexity index is 520. The Kier molecular flexibility index (Phi) is 6.45. The minimum absolute atomic E-state index is 0.00485. The predicted octanol–water partition coefficient (Wildman–Crippen LogP) is 2.93. The normalized spacial score (nSPS) is 10.5. The van der Waals surface area contributed by atoms with Crippen LogP contribution >= 0.6 is 11.6 Å². The van der Waals surface area contributed by atoms with Crippen LogP contribution in [0.5, 0.6) is 0 Å². The Morgan fingerprint density at radius 2 is 2.10 bits per heavy atom. The third kappa shape index (κ3) is 4.91. The topological polar surface area (TPSA) is 78.9 Å². The number of carboxylic acid groups (broad SMARTS) is 1. The molecule has 1 aromatic rings. The van der Waals surface area contributed by atoms with Crippen LogP contribution in [0.3, 0.4) is 0 Å². The van der Waals surface area contributed by atoms with E-state index in [1.807, 2.05) is 13.8 Å². The van der Waals surface area contributed by atoms with Gasteiger partial charge in [-0.1, -0.05) is 11.6 Å². The van der Waals surface area contributed by atoms with E-state index in [9.17, 15) is 9.59 Å². The number of amides is 2. The second-order valence-corrected chi connectivity index (χ2v) is 5.12. The molecule has 6 nitrogen and oxygen atoms in total. The molecule has 0 aliphatic heterocycles. The van der Waals surface area contributed by atoms with Crippen molar-refractivity contribution in [2.24, 2.45) is 0 Å². The number of aromatic carboxylic acids is 1. The van der Waals surface area contributed by atoms with Crippen molar-refractivity contribution < 1.29 is 19.4 Å². The summed E-state index contributed by atoms with van der Waals surface area (Å²) in [6.07, 6.45) is 0. The Hall–Kier alpha value is -1.79. The average Bonchev–Trinajstić information content (AvgIpc) is 2.38. The lowest BCUT2D eigenvalue weighted by atomic mass is 10.2. The van der Waals surface area contributed by atoms with Crippen molar-refractivity contribution in [3.63, 3.8) is 0 Å². The quantitative estimate of drug-likeness (QED) is 0.846. The Morgan fingerprint density at radius 3 is 2.57 bits per heavy atom. The van der Waals surface area contributed by atoms with Gasteiger partial charge >= 0.3 is 12.0 Å². The molecule has 0 radical (unpaired) electrons. The fourth-order valence-electron chi connectivity index (χ4n) is 1.75. The van der Waals surface area contributed by atoms with Gasteiger partial charge in [0.2, 0.25) is 0 Å². The van der Waals surface area contributed by atoms with Crippen molar-refractivity contribution in [2.75, 3.05) is 25.6 Å². The third-order valence-corrected chi connectivity index (χ3v) is 3.18. The molecule has 2 N–H and O–H groups in total. The summed E-state index contributed by atoms with van der Waals surface area (Å²) in [6, 6.07) is 3.99. The van der Waals surface area contributed by atoms with Crippen molar-refractivity contribution in [2.45, 2.75) is 19.9 Å². The molecule has 21 heavy (non-hydrogen) atoms. The predicted molar refractivity (Wildman–Crippen MR) is 81.1 cm³/mol. The van der Waals surface area contributed by atoms with Gasteiger partial charge in [-0.25, -0.2) is 9.59 Å². The number of carbonyl (C=O) groups is 2. The standard InChI is InChI=1S/C14H19ClN2O4/c1-9(2)17(6-7-21-3)14(20)16-10-4-5-11(13(18)19)12(15)8-10/h4-5,8-9H,6-7H2,1-3H3,(H,16,20)(H,18,19). The van der Waals surface area contributed by atoms with Gasteiger partial charge in [0, 0.05) is 25.4 Å². The first-order valence-corrected chi connectivity index (χ1v) is 6.84. The molecular weight excluding hydrogens is 296 g/mol. The minimum atomic E-state index is -1.11. The molecule has 116 valence electrons. The van der Waals surface area contributed by atoms with Gasteiger partial charge < -0.3 is 20.1 Å². The maximum atomic E-state index is 12.2. The molecule has 0 spiro atoms. The second-order valence-electron chi connectivity index (χ2n) is 4.71. The van der Waals surface area contributed by atoms with E-state index in [-0.39, 0.29) is 22.7 Å². The SMILES string of the molecule is COCCN(C(=O)Nc1ccc(C(=O)O)c(Cl)c1)C(C)C. The number of ether oxygens (including phenoxy) is 1. The highest BCUT2D eigenvalue weighted by atomic mass is 35.5. The smallest absolute Gasteiger partial charge is 0.337 e. The third-order valence-electron chi connectivity index (χ3n) is 2.87. The fraction of sp³-hybridized carbons (Fsp3) is 0.429. The Labute approximate surface area is 128 Å². The zero-order valence-corrected chi connectivity index (χ0v) is 13.0. The minimum Gasteiger partial charge on any atom is -0.478 e. The van der Waals surface area contributed by atoms with E-state index in [1.54, 1.807) is 12.0 Å². The van der Waals surface area contributed by atoms with Crippen molar-refractivity contribution >= 4 is 29.3 Å². The Balaban J connectivity index is 2.81. The fourth-order valence-corrected chi connectivity index (χ4v) is 2.01. The van der Waals surface area contributed by atoms with Gasteiger partial charge in [-0.3, -0.25) is 0 Å². The van der Waals surface area contributed by atoms with Crippen LogP contribution in [0.2, 0.25) is 5.02 Å². The first kappa shape index (κ1) is 17.3. The van der Waals surface area contributed by atoms with Crippen LogP contribution in [0.25, 0.3) is 0 Å². The number of nitrogens with zero attached hydrogens (tertiary/aromatic N) is 1. The molecule has 0 heterocycles. The van der Waals surface area contributed by atoms with E-state index in [0.29, 0.717) is 18.8 Å². The number of anilines is 1. The molecule has 1 rings (SSSR count). The monoisotopic (exact) mass is 314 g/mol. The number of hydrogen-bond donors (Lipinski definition) is 2. The number of urea groups is 1. The summed E-state index contributed by atoms with van der Waals surface area (Å²) in [4.78, 5) is 24.7. The van der Waals surface area contributed by atoms with Gasteiger partial charge in [-0.2, -0.15) is 0 Å². The lowest BCUT2D eigenvalue weighted by Gasteiger charge is -2.26.